The van der Waals surface area contributed by atoms with E-state index in [1.807, 2.05) is 48.5 Å². The molecule has 3 aromatic rings. The molecule has 0 aromatic heterocycles. The fourth-order valence-electron chi connectivity index (χ4n) is 3.84. The number of hydrogen-bond acceptors (Lipinski definition) is 2. The summed E-state index contributed by atoms with van der Waals surface area (Å²) < 4.78 is 13.3. The lowest BCUT2D eigenvalue weighted by molar-refractivity contribution is -0.117. The van der Waals surface area contributed by atoms with E-state index in [9.17, 15) is 9.18 Å². The van der Waals surface area contributed by atoms with E-state index < -0.39 is 0 Å². The Morgan fingerprint density at radius 2 is 1.72 bits per heavy atom. The zero-order valence-electron chi connectivity index (χ0n) is 16.4. The van der Waals surface area contributed by atoms with Crippen LogP contribution in [0.4, 0.5) is 4.39 Å². The van der Waals surface area contributed by atoms with Crippen molar-refractivity contribution in [2.45, 2.75) is 25.4 Å². The molecule has 0 spiro atoms. The van der Waals surface area contributed by atoms with Gasteiger partial charge in [0.25, 0.3) is 0 Å². The molecule has 3 aromatic carbocycles. The van der Waals surface area contributed by atoms with Gasteiger partial charge in [-0.05, 0) is 59.0 Å². The fraction of sp³-hybridized carbons (Fsp3) is 0.240. The van der Waals surface area contributed by atoms with Gasteiger partial charge in [-0.25, -0.2) is 4.39 Å². The molecule has 148 valence electrons. The van der Waals surface area contributed by atoms with Crippen LogP contribution in [0.25, 0.3) is 16.8 Å². The topological polar surface area (TPSA) is 32.3 Å². The molecule has 1 aliphatic rings. The van der Waals surface area contributed by atoms with Gasteiger partial charge >= 0.3 is 0 Å². The number of halogens is 1. The van der Waals surface area contributed by atoms with Crippen LogP contribution in [-0.2, 0) is 11.3 Å². The lowest BCUT2D eigenvalue weighted by Crippen LogP contribution is -2.43. The summed E-state index contributed by atoms with van der Waals surface area (Å²) in [5, 5.41) is 5.11. The number of hydrogen-bond donors (Lipinski definition) is 1. The first-order valence-electron chi connectivity index (χ1n) is 10.1. The van der Waals surface area contributed by atoms with Crippen molar-refractivity contribution >= 4 is 22.8 Å². The summed E-state index contributed by atoms with van der Waals surface area (Å²) in [5.41, 5.74) is 2.26. The largest absolute Gasteiger partial charge is 0.350 e. The van der Waals surface area contributed by atoms with Crippen LogP contribution in [-0.4, -0.2) is 29.9 Å². The molecule has 1 aliphatic heterocycles. The van der Waals surface area contributed by atoms with Gasteiger partial charge in [-0.3, -0.25) is 9.69 Å². The number of carbonyl (C=O) groups excluding carboxylic acids is 1. The summed E-state index contributed by atoms with van der Waals surface area (Å²) in [7, 11) is 0. The fourth-order valence-corrected chi connectivity index (χ4v) is 3.84. The molecule has 0 saturated carbocycles. The smallest absolute Gasteiger partial charge is 0.244 e. The molecule has 1 amide bonds. The number of fused-ring (bicyclic) bond motifs is 1. The molecule has 1 fully saturated rings. The third-order valence-corrected chi connectivity index (χ3v) is 5.43. The van der Waals surface area contributed by atoms with Gasteiger partial charge in [0.15, 0.2) is 0 Å². The SMILES string of the molecule is O=C(/C=C/c1ccccc1)NC1CCN(Cc2ccc3cc(F)ccc3c2)CC1. The van der Waals surface area contributed by atoms with Crippen molar-refractivity contribution in [1.29, 1.82) is 0 Å². The minimum absolute atomic E-state index is 0.0333. The first-order chi connectivity index (χ1) is 14.2. The van der Waals surface area contributed by atoms with E-state index in [1.54, 1.807) is 12.1 Å². The van der Waals surface area contributed by atoms with Crippen molar-refractivity contribution in [3.05, 3.63) is 89.8 Å². The van der Waals surface area contributed by atoms with Crippen molar-refractivity contribution in [2.24, 2.45) is 0 Å². The molecule has 4 rings (SSSR count). The Hall–Kier alpha value is -2.98. The third kappa shape index (κ3) is 5.30. The van der Waals surface area contributed by atoms with Gasteiger partial charge in [-0.15, -0.1) is 0 Å². The molecule has 0 unspecified atom stereocenters. The van der Waals surface area contributed by atoms with Gasteiger partial charge in [-0.2, -0.15) is 0 Å². The average Bonchev–Trinajstić information content (AvgIpc) is 2.74. The minimum Gasteiger partial charge on any atom is -0.350 e. The first kappa shape index (κ1) is 19.3. The summed E-state index contributed by atoms with van der Waals surface area (Å²) in [4.78, 5) is 14.6. The van der Waals surface area contributed by atoms with Crippen molar-refractivity contribution < 1.29 is 9.18 Å². The highest BCUT2D eigenvalue weighted by Gasteiger charge is 2.20. The number of likely N-dealkylation sites (tertiary alicyclic amines) is 1. The van der Waals surface area contributed by atoms with E-state index in [0.717, 1.165) is 48.8 Å². The van der Waals surface area contributed by atoms with Gasteiger partial charge < -0.3 is 5.32 Å². The van der Waals surface area contributed by atoms with E-state index in [-0.39, 0.29) is 17.8 Å². The van der Waals surface area contributed by atoms with Crippen LogP contribution in [0, 0.1) is 5.82 Å². The van der Waals surface area contributed by atoms with Gasteiger partial charge in [0.2, 0.25) is 5.91 Å². The number of rotatable bonds is 5. The quantitative estimate of drug-likeness (QED) is 0.639. The molecule has 1 N–H and O–H groups in total. The molecular formula is C25H25FN2O. The van der Waals surface area contributed by atoms with E-state index in [4.69, 9.17) is 0 Å². The molecule has 29 heavy (non-hydrogen) atoms. The number of carbonyl (C=O) groups is 1. The Balaban J connectivity index is 1.26. The number of piperidine rings is 1. The van der Waals surface area contributed by atoms with E-state index in [1.165, 1.54) is 11.6 Å². The molecule has 3 nitrogen and oxygen atoms in total. The van der Waals surface area contributed by atoms with Crippen molar-refractivity contribution in [1.82, 2.24) is 10.2 Å². The lowest BCUT2D eigenvalue weighted by atomic mass is 10.0. The minimum atomic E-state index is -0.201. The highest BCUT2D eigenvalue weighted by atomic mass is 19.1. The van der Waals surface area contributed by atoms with E-state index in [0.29, 0.717) is 0 Å². The normalized spacial score (nSPS) is 15.8. The van der Waals surface area contributed by atoms with E-state index in [2.05, 4.69) is 22.3 Å². The van der Waals surface area contributed by atoms with Crippen LogP contribution in [0.5, 0.6) is 0 Å². The maximum absolute atomic E-state index is 13.3. The molecule has 4 heteroatoms. The Kier molecular flexibility index (Phi) is 6.01. The van der Waals surface area contributed by atoms with Crippen LogP contribution in [0.15, 0.2) is 72.8 Å². The predicted octanol–water partition coefficient (Wildman–Crippen LogP) is 4.77. The Morgan fingerprint density at radius 3 is 2.52 bits per heavy atom. The van der Waals surface area contributed by atoms with E-state index >= 15 is 0 Å². The number of amides is 1. The van der Waals surface area contributed by atoms with Crippen molar-refractivity contribution in [3.8, 4) is 0 Å². The lowest BCUT2D eigenvalue weighted by Gasteiger charge is -2.32. The maximum atomic E-state index is 13.3. The highest BCUT2D eigenvalue weighted by molar-refractivity contribution is 5.91. The highest BCUT2D eigenvalue weighted by Crippen LogP contribution is 2.20. The monoisotopic (exact) mass is 388 g/mol. The zero-order chi connectivity index (χ0) is 20.1. The summed E-state index contributed by atoms with van der Waals surface area (Å²) >= 11 is 0. The molecule has 0 aliphatic carbocycles. The summed E-state index contributed by atoms with van der Waals surface area (Å²) in [6, 6.07) is 21.2. The molecule has 1 saturated heterocycles. The first-order valence-corrected chi connectivity index (χ1v) is 10.1. The van der Waals surface area contributed by atoms with Crippen LogP contribution in [0.3, 0.4) is 0 Å². The van der Waals surface area contributed by atoms with Crippen LogP contribution < -0.4 is 5.32 Å². The predicted molar refractivity (Wildman–Crippen MR) is 116 cm³/mol. The van der Waals surface area contributed by atoms with Crippen LogP contribution in [0.1, 0.15) is 24.0 Å². The summed E-state index contributed by atoms with van der Waals surface area (Å²) in [6.07, 6.45) is 5.35. The van der Waals surface area contributed by atoms with Gasteiger partial charge in [-0.1, -0.05) is 48.5 Å². The van der Waals surface area contributed by atoms with Crippen LogP contribution in [0.2, 0.25) is 0 Å². The number of benzene rings is 3. The van der Waals surface area contributed by atoms with Crippen LogP contribution >= 0.6 is 0 Å². The van der Waals surface area contributed by atoms with Gasteiger partial charge in [0.1, 0.15) is 5.82 Å². The third-order valence-electron chi connectivity index (χ3n) is 5.43. The second kappa shape index (κ2) is 9.01. The second-order valence-corrected chi connectivity index (χ2v) is 7.63. The standard InChI is InChI=1S/C25H25FN2O/c26-23-10-9-21-16-20(6-8-22(21)17-23)18-28-14-12-24(13-15-28)27-25(29)11-7-19-4-2-1-3-5-19/h1-11,16-17,24H,12-15,18H2,(H,27,29)/b11-7+. The second-order valence-electron chi connectivity index (χ2n) is 7.63. The van der Waals surface area contributed by atoms with Crippen molar-refractivity contribution in [3.63, 3.8) is 0 Å². The number of nitrogens with zero attached hydrogens (tertiary/aromatic N) is 1. The summed E-state index contributed by atoms with van der Waals surface area (Å²) in [6.45, 7) is 2.78. The molecular weight excluding hydrogens is 363 g/mol. The Labute approximate surface area is 170 Å². The van der Waals surface area contributed by atoms with Gasteiger partial charge in [0.05, 0.1) is 0 Å². The molecule has 0 radical (unpaired) electrons. The zero-order valence-corrected chi connectivity index (χ0v) is 16.4. The Morgan fingerprint density at radius 1 is 1.00 bits per heavy atom. The van der Waals surface area contributed by atoms with Gasteiger partial charge in [0, 0.05) is 31.8 Å². The van der Waals surface area contributed by atoms with Crippen molar-refractivity contribution in [2.75, 3.05) is 13.1 Å². The molecule has 0 bridgehead atoms. The molecule has 0 atom stereocenters. The average molecular weight is 388 g/mol. The Bertz CT molecular complexity index is 1010. The maximum Gasteiger partial charge on any atom is 0.244 e. The number of nitrogens with one attached hydrogen (secondary N) is 1. The molecule has 1 heterocycles. The summed E-state index contributed by atoms with van der Waals surface area (Å²) in [5.74, 6) is -0.234.